The van der Waals surface area contributed by atoms with E-state index in [4.69, 9.17) is 4.74 Å². The van der Waals surface area contributed by atoms with E-state index in [-0.39, 0.29) is 29.4 Å². The summed E-state index contributed by atoms with van der Waals surface area (Å²) in [6, 6.07) is 8.12. The standard InChI is InChI=1S/C18H18F3N3O5S/c1-22-30(27,28)14-6-7-15(16(10-14)24(25)26)23-8-9-29-17(11-23)12-2-4-13(5-3-12)18(19,20)21/h2-7,10,17,22H,8-9,11H2,1H3. The van der Waals surface area contributed by atoms with Crippen LogP contribution in [0.5, 0.6) is 0 Å². The fourth-order valence-corrected chi connectivity index (χ4v) is 3.91. The van der Waals surface area contributed by atoms with Gasteiger partial charge in [-0.2, -0.15) is 13.2 Å². The van der Waals surface area contributed by atoms with E-state index in [2.05, 4.69) is 4.72 Å². The van der Waals surface area contributed by atoms with Crippen LogP contribution in [0.4, 0.5) is 24.5 Å². The highest BCUT2D eigenvalue weighted by Gasteiger charge is 2.32. The highest BCUT2D eigenvalue weighted by atomic mass is 32.2. The first kappa shape index (κ1) is 22.0. The first-order valence-electron chi connectivity index (χ1n) is 8.78. The zero-order chi connectivity index (χ0) is 22.1. The van der Waals surface area contributed by atoms with E-state index in [1.807, 2.05) is 0 Å². The topological polar surface area (TPSA) is 102 Å². The number of nitro groups is 1. The van der Waals surface area contributed by atoms with Gasteiger partial charge in [0.15, 0.2) is 0 Å². The molecular weight excluding hydrogens is 427 g/mol. The van der Waals surface area contributed by atoms with Crippen LogP contribution in [0.3, 0.4) is 0 Å². The molecule has 1 heterocycles. The third-order valence-electron chi connectivity index (χ3n) is 4.74. The Labute approximate surface area is 170 Å². The van der Waals surface area contributed by atoms with Gasteiger partial charge in [-0.3, -0.25) is 10.1 Å². The Morgan fingerprint density at radius 1 is 1.20 bits per heavy atom. The molecule has 3 rings (SSSR count). The van der Waals surface area contributed by atoms with Crippen molar-refractivity contribution in [1.82, 2.24) is 4.72 Å². The second-order valence-corrected chi connectivity index (χ2v) is 8.43. The molecule has 12 heteroatoms. The number of benzene rings is 2. The Morgan fingerprint density at radius 2 is 1.87 bits per heavy atom. The van der Waals surface area contributed by atoms with Gasteiger partial charge in [0.05, 0.1) is 22.0 Å². The Morgan fingerprint density at radius 3 is 2.43 bits per heavy atom. The minimum Gasteiger partial charge on any atom is -0.370 e. The van der Waals surface area contributed by atoms with Crippen molar-refractivity contribution in [2.75, 3.05) is 31.6 Å². The van der Waals surface area contributed by atoms with Gasteiger partial charge in [-0.1, -0.05) is 12.1 Å². The number of alkyl halides is 3. The number of ether oxygens (including phenoxy) is 1. The average molecular weight is 445 g/mol. The van der Waals surface area contributed by atoms with Crippen LogP contribution in [-0.2, 0) is 20.9 Å². The van der Waals surface area contributed by atoms with E-state index in [0.717, 1.165) is 18.2 Å². The highest BCUT2D eigenvalue weighted by molar-refractivity contribution is 7.89. The normalized spacial score (nSPS) is 17.7. The Hall–Kier alpha value is -2.70. The molecule has 0 aliphatic carbocycles. The lowest BCUT2D eigenvalue weighted by Gasteiger charge is -2.34. The number of nitrogens with one attached hydrogen (secondary N) is 1. The van der Waals surface area contributed by atoms with Crippen LogP contribution in [0.2, 0.25) is 0 Å². The van der Waals surface area contributed by atoms with Gasteiger partial charge in [-0.05, 0) is 36.9 Å². The second kappa shape index (κ2) is 8.20. The van der Waals surface area contributed by atoms with Gasteiger partial charge in [0.25, 0.3) is 5.69 Å². The summed E-state index contributed by atoms with van der Waals surface area (Å²) >= 11 is 0. The van der Waals surface area contributed by atoms with Gasteiger partial charge >= 0.3 is 6.18 Å². The summed E-state index contributed by atoms with van der Waals surface area (Å²) in [6.07, 6.45) is -5.05. The predicted molar refractivity (Wildman–Crippen MR) is 102 cm³/mol. The third-order valence-corrected chi connectivity index (χ3v) is 6.15. The van der Waals surface area contributed by atoms with Crippen molar-refractivity contribution in [3.05, 3.63) is 63.7 Å². The highest BCUT2D eigenvalue weighted by Crippen LogP contribution is 2.35. The number of hydrogen-bond acceptors (Lipinski definition) is 6. The number of nitro benzene ring substituents is 1. The Balaban J connectivity index is 1.89. The third kappa shape index (κ3) is 4.55. The fourth-order valence-electron chi connectivity index (χ4n) is 3.16. The van der Waals surface area contributed by atoms with Crippen LogP contribution in [-0.4, -0.2) is 40.1 Å². The molecular formula is C18H18F3N3O5S. The van der Waals surface area contributed by atoms with Gasteiger partial charge in [0.2, 0.25) is 10.0 Å². The van der Waals surface area contributed by atoms with Gasteiger partial charge in [-0.25, -0.2) is 13.1 Å². The Kier molecular flexibility index (Phi) is 6.01. The molecule has 0 amide bonds. The quantitative estimate of drug-likeness (QED) is 0.561. The summed E-state index contributed by atoms with van der Waals surface area (Å²) in [5, 5.41) is 11.5. The van der Waals surface area contributed by atoms with Crippen molar-refractivity contribution >= 4 is 21.4 Å². The van der Waals surface area contributed by atoms with Crippen LogP contribution in [0.15, 0.2) is 47.4 Å². The molecule has 1 aliphatic heterocycles. The zero-order valence-corrected chi connectivity index (χ0v) is 16.5. The van der Waals surface area contributed by atoms with Crippen molar-refractivity contribution in [3.63, 3.8) is 0 Å². The number of morpholine rings is 1. The molecule has 1 atom stereocenters. The first-order valence-corrected chi connectivity index (χ1v) is 10.3. The monoisotopic (exact) mass is 445 g/mol. The number of halogens is 3. The van der Waals surface area contributed by atoms with Crippen LogP contribution in [0.1, 0.15) is 17.2 Å². The zero-order valence-electron chi connectivity index (χ0n) is 15.7. The van der Waals surface area contributed by atoms with Gasteiger partial charge in [0.1, 0.15) is 11.8 Å². The van der Waals surface area contributed by atoms with E-state index in [9.17, 15) is 31.7 Å². The van der Waals surface area contributed by atoms with Crippen LogP contribution in [0, 0.1) is 10.1 Å². The molecule has 0 spiro atoms. The van der Waals surface area contributed by atoms with Crippen molar-refractivity contribution in [2.45, 2.75) is 17.2 Å². The summed E-state index contributed by atoms with van der Waals surface area (Å²) in [5.74, 6) is 0. The molecule has 8 nitrogen and oxygen atoms in total. The lowest BCUT2D eigenvalue weighted by atomic mass is 10.0. The average Bonchev–Trinajstić information content (AvgIpc) is 2.73. The van der Waals surface area contributed by atoms with Crippen molar-refractivity contribution in [1.29, 1.82) is 0 Å². The molecule has 2 aromatic rings. The lowest BCUT2D eigenvalue weighted by Crippen LogP contribution is -2.38. The van der Waals surface area contributed by atoms with Crippen molar-refractivity contribution in [3.8, 4) is 0 Å². The maximum Gasteiger partial charge on any atom is 0.416 e. The van der Waals surface area contributed by atoms with E-state index in [0.29, 0.717) is 12.1 Å². The fraction of sp³-hybridized carbons (Fsp3) is 0.333. The maximum atomic E-state index is 12.8. The van der Waals surface area contributed by atoms with Gasteiger partial charge in [0, 0.05) is 19.2 Å². The summed E-state index contributed by atoms with van der Waals surface area (Å²) in [7, 11) is -2.66. The number of anilines is 1. The van der Waals surface area contributed by atoms with Crippen LogP contribution < -0.4 is 9.62 Å². The Bertz CT molecular complexity index is 1040. The molecule has 0 saturated carbocycles. The smallest absolute Gasteiger partial charge is 0.370 e. The molecule has 1 unspecified atom stereocenters. The van der Waals surface area contributed by atoms with Gasteiger partial charge < -0.3 is 9.64 Å². The number of hydrogen-bond donors (Lipinski definition) is 1. The van der Waals surface area contributed by atoms with Crippen molar-refractivity contribution < 1.29 is 31.2 Å². The van der Waals surface area contributed by atoms with Crippen molar-refractivity contribution in [2.24, 2.45) is 0 Å². The minimum atomic E-state index is -4.45. The first-order chi connectivity index (χ1) is 14.0. The molecule has 1 saturated heterocycles. The number of sulfonamides is 1. The van der Waals surface area contributed by atoms with E-state index >= 15 is 0 Å². The summed E-state index contributed by atoms with van der Waals surface area (Å²) < 4.78 is 69.9. The summed E-state index contributed by atoms with van der Waals surface area (Å²) in [5.41, 5.74) is -0.463. The lowest BCUT2D eigenvalue weighted by molar-refractivity contribution is -0.384. The molecule has 30 heavy (non-hydrogen) atoms. The van der Waals surface area contributed by atoms with Crippen LogP contribution >= 0.6 is 0 Å². The second-order valence-electron chi connectivity index (χ2n) is 6.54. The number of nitrogens with zero attached hydrogens (tertiary/aromatic N) is 2. The molecule has 0 aromatic heterocycles. The molecule has 2 aromatic carbocycles. The summed E-state index contributed by atoms with van der Waals surface area (Å²) in [4.78, 5) is 12.3. The molecule has 1 fully saturated rings. The minimum absolute atomic E-state index is 0.157. The van der Waals surface area contributed by atoms with E-state index in [1.54, 1.807) is 4.90 Å². The largest absolute Gasteiger partial charge is 0.416 e. The van der Waals surface area contributed by atoms with E-state index in [1.165, 1.54) is 31.3 Å². The van der Waals surface area contributed by atoms with Gasteiger partial charge in [-0.15, -0.1) is 0 Å². The van der Waals surface area contributed by atoms with Crippen LogP contribution in [0.25, 0.3) is 0 Å². The number of rotatable bonds is 5. The SMILES string of the molecule is CNS(=O)(=O)c1ccc(N2CCOC(c3ccc(C(F)(F)F)cc3)C2)c([N+](=O)[O-])c1. The molecule has 0 radical (unpaired) electrons. The molecule has 162 valence electrons. The summed E-state index contributed by atoms with van der Waals surface area (Å²) in [6.45, 7) is 0.653. The maximum absolute atomic E-state index is 12.8. The van der Waals surface area contributed by atoms with E-state index < -0.39 is 32.8 Å². The molecule has 1 aliphatic rings. The molecule has 1 N–H and O–H groups in total. The molecule has 0 bridgehead atoms. The predicted octanol–water partition coefficient (Wildman–Crippen LogP) is 3.10.